The molecule has 0 radical (unpaired) electrons. The van der Waals surface area contributed by atoms with Crippen molar-refractivity contribution in [3.05, 3.63) is 72.3 Å². The van der Waals surface area contributed by atoms with Gasteiger partial charge < -0.3 is 9.88 Å². The van der Waals surface area contributed by atoms with Gasteiger partial charge in [0.15, 0.2) is 0 Å². The first-order chi connectivity index (χ1) is 16.8. The molecule has 1 amide bonds. The predicted molar refractivity (Wildman–Crippen MR) is 135 cm³/mol. The van der Waals surface area contributed by atoms with Crippen LogP contribution in [0.3, 0.4) is 0 Å². The molecule has 35 heavy (non-hydrogen) atoms. The zero-order valence-electron chi connectivity index (χ0n) is 20.2. The molecule has 0 atom stereocenters. The highest BCUT2D eigenvalue weighted by Crippen LogP contribution is 2.23. The summed E-state index contributed by atoms with van der Waals surface area (Å²) in [6.45, 7) is 4.85. The number of aromatic nitrogens is 4. The first-order valence-electron chi connectivity index (χ1n) is 11.6. The molecule has 2 aromatic carbocycles. The fourth-order valence-electron chi connectivity index (χ4n) is 4.13. The molecule has 0 aliphatic carbocycles. The summed E-state index contributed by atoms with van der Waals surface area (Å²) in [5.74, 6) is 0.640. The van der Waals surface area contributed by atoms with Crippen LogP contribution in [0, 0.1) is 0 Å². The van der Waals surface area contributed by atoms with Crippen LogP contribution in [-0.4, -0.2) is 51.1 Å². The number of para-hydroxylation sites is 1. The van der Waals surface area contributed by atoms with Crippen molar-refractivity contribution in [1.29, 1.82) is 0 Å². The first kappa shape index (κ1) is 24.6. The molecule has 9 nitrogen and oxygen atoms in total. The maximum absolute atomic E-state index is 12.9. The van der Waals surface area contributed by atoms with Crippen molar-refractivity contribution in [3.63, 3.8) is 0 Å². The second-order valence-electron chi connectivity index (χ2n) is 8.18. The summed E-state index contributed by atoms with van der Waals surface area (Å²) in [6.07, 6.45) is 4.29. The highest BCUT2D eigenvalue weighted by Gasteiger charge is 2.22. The van der Waals surface area contributed by atoms with Gasteiger partial charge in [0.1, 0.15) is 5.82 Å². The highest BCUT2D eigenvalue weighted by molar-refractivity contribution is 7.89. The Morgan fingerprint density at radius 3 is 2.57 bits per heavy atom. The molecule has 184 valence electrons. The smallest absolute Gasteiger partial charge is 0.243 e. The number of amides is 1. The number of benzene rings is 2. The summed E-state index contributed by atoms with van der Waals surface area (Å²) in [7, 11) is -1.69. The van der Waals surface area contributed by atoms with E-state index in [-0.39, 0.29) is 17.2 Å². The van der Waals surface area contributed by atoms with Crippen LogP contribution < -0.4 is 5.32 Å². The minimum Gasteiger partial charge on any atom is -0.352 e. The number of hydrogen-bond acceptors (Lipinski definition) is 5. The van der Waals surface area contributed by atoms with Gasteiger partial charge in [-0.05, 0) is 35.9 Å². The molecule has 4 aromatic rings. The van der Waals surface area contributed by atoms with Gasteiger partial charge in [-0.25, -0.2) is 18.1 Å². The van der Waals surface area contributed by atoms with Crippen molar-refractivity contribution in [1.82, 2.24) is 29.0 Å². The fraction of sp³-hybridized carbons (Fsp3) is 0.320. The Hall–Kier alpha value is -3.50. The lowest BCUT2D eigenvalue weighted by Crippen LogP contribution is -2.30. The average Bonchev–Trinajstić information content (AvgIpc) is 3.50. The maximum atomic E-state index is 12.9. The Morgan fingerprint density at radius 2 is 1.86 bits per heavy atom. The Bertz CT molecular complexity index is 1420. The third-order valence-electron chi connectivity index (χ3n) is 6.08. The minimum absolute atomic E-state index is 0.0860. The molecular formula is C25H30N6O3S. The van der Waals surface area contributed by atoms with Crippen LogP contribution in [0.5, 0.6) is 0 Å². The van der Waals surface area contributed by atoms with E-state index in [1.54, 1.807) is 29.1 Å². The molecule has 0 aliphatic rings. The van der Waals surface area contributed by atoms with E-state index in [0.29, 0.717) is 31.6 Å². The van der Waals surface area contributed by atoms with Crippen LogP contribution in [-0.2, 0) is 34.8 Å². The zero-order chi connectivity index (χ0) is 25.0. The number of rotatable bonds is 10. The SMILES string of the molecule is CCN(CC)S(=O)(=O)c1ccc2c(c1)nc(CCC(=O)NCc1ccccc1-n1cccn1)n2C. The summed E-state index contributed by atoms with van der Waals surface area (Å²) in [6, 6.07) is 14.7. The van der Waals surface area contributed by atoms with Crippen molar-refractivity contribution < 1.29 is 13.2 Å². The predicted octanol–water partition coefficient (Wildman–Crippen LogP) is 3.04. The van der Waals surface area contributed by atoms with Gasteiger partial charge in [0, 0.05) is 51.9 Å². The number of nitrogens with zero attached hydrogens (tertiary/aromatic N) is 5. The molecule has 0 saturated heterocycles. The van der Waals surface area contributed by atoms with Gasteiger partial charge in [0.2, 0.25) is 15.9 Å². The van der Waals surface area contributed by atoms with Gasteiger partial charge in [0.25, 0.3) is 0 Å². The molecule has 2 aromatic heterocycles. The number of nitrogens with one attached hydrogen (secondary N) is 1. The number of sulfonamides is 1. The lowest BCUT2D eigenvalue weighted by molar-refractivity contribution is -0.121. The summed E-state index contributed by atoms with van der Waals surface area (Å²) in [5, 5.41) is 7.25. The highest BCUT2D eigenvalue weighted by atomic mass is 32.2. The lowest BCUT2D eigenvalue weighted by Gasteiger charge is -2.18. The van der Waals surface area contributed by atoms with Gasteiger partial charge in [-0.2, -0.15) is 9.40 Å². The van der Waals surface area contributed by atoms with Crippen LogP contribution in [0.25, 0.3) is 16.7 Å². The van der Waals surface area contributed by atoms with E-state index < -0.39 is 10.0 Å². The van der Waals surface area contributed by atoms with E-state index >= 15 is 0 Å². The summed E-state index contributed by atoms with van der Waals surface area (Å²) >= 11 is 0. The average molecular weight is 495 g/mol. The number of aryl methyl sites for hydroxylation is 2. The lowest BCUT2D eigenvalue weighted by atomic mass is 10.1. The monoisotopic (exact) mass is 494 g/mol. The molecule has 0 unspecified atom stereocenters. The van der Waals surface area contributed by atoms with Crippen molar-refractivity contribution in [2.45, 2.75) is 38.1 Å². The van der Waals surface area contributed by atoms with Crippen LogP contribution in [0.4, 0.5) is 0 Å². The second-order valence-corrected chi connectivity index (χ2v) is 10.1. The molecule has 10 heteroatoms. The number of fused-ring (bicyclic) bond motifs is 1. The fourth-order valence-corrected chi connectivity index (χ4v) is 5.61. The van der Waals surface area contributed by atoms with Crippen molar-refractivity contribution in [3.8, 4) is 5.69 Å². The zero-order valence-corrected chi connectivity index (χ0v) is 21.0. The molecule has 0 spiro atoms. The number of imidazole rings is 1. The normalized spacial score (nSPS) is 11.9. The van der Waals surface area contributed by atoms with Crippen LogP contribution in [0.1, 0.15) is 31.7 Å². The van der Waals surface area contributed by atoms with Gasteiger partial charge in [-0.1, -0.05) is 32.0 Å². The van der Waals surface area contributed by atoms with Crippen LogP contribution in [0.15, 0.2) is 65.8 Å². The van der Waals surface area contributed by atoms with Crippen molar-refractivity contribution >= 4 is 27.0 Å². The number of hydrogen-bond donors (Lipinski definition) is 1. The van der Waals surface area contributed by atoms with Crippen LogP contribution >= 0.6 is 0 Å². The molecule has 2 heterocycles. The Kier molecular flexibility index (Phi) is 7.32. The Balaban J connectivity index is 1.43. The Morgan fingerprint density at radius 1 is 1.09 bits per heavy atom. The minimum atomic E-state index is -3.56. The molecule has 0 saturated carbocycles. The third-order valence-corrected chi connectivity index (χ3v) is 8.13. The standard InChI is InChI=1S/C25H30N6O3S/c1-4-30(5-2)35(33,34)20-11-12-23-21(17-20)28-24(29(23)3)13-14-25(32)26-18-19-9-6-7-10-22(19)31-16-8-15-27-31/h6-12,15-17H,4-5,13-14,18H2,1-3H3,(H,26,32). The van der Waals surface area contributed by atoms with E-state index in [9.17, 15) is 13.2 Å². The number of carbonyl (C=O) groups is 1. The van der Waals surface area contributed by atoms with Crippen molar-refractivity contribution in [2.24, 2.45) is 7.05 Å². The van der Waals surface area contributed by atoms with E-state index in [2.05, 4.69) is 15.4 Å². The molecule has 1 N–H and O–H groups in total. The molecule has 0 fully saturated rings. The third kappa shape index (κ3) is 5.13. The topological polar surface area (TPSA) is 102 Å². The van der Waals surface area contributed by atoms with Crippen molar-refractivity contribution in [2.75, 3.05) is 13.1 Å². The summed E-state index contributed by atoms with van der Waals surface area (Å²) in [5.41, 5.74) is 3.31. The van der Waals surface area contributed by atoms with E-state index in [1.807, 2.05) is 62.0 Å². The van der Waals surface area contributed by atoms with Gasteiger partial charge in [-0.3, -0.25) is 4.79 Å². The summed E-state index contributed by atoms with van der Waals surface area (Å²) in [4.78, 5) is 17.4. The van der Waals surface area contributed by atoms with Gasteiger partial charge >= 0.3 is 0 Å². The Labute approximate surface area is 205 Å². The van der Waals surface area contributed by atoms with Gasteiger partial charge in [0.05, 0.1) is 21.6 Å². The molecular weight excluding hydrogens is 464 g/mol. The summed E-state index contributed by atoms with van der Waals surface area (Å²) < 4.78 is 30.8. The quantitative estimate of drug-likeness (QED) is 0.365. The molecule has 0 aliphatic heterocycles. The van der Waals surface area contributed by atoms with Crippen LogP contribution in [0.2, 0.25) is 0 Å². The van der Waals surface area contributed by atoms with E-state index in [0.717, 1.165) is 22.6 Å². The molecule has 0 bridgehead atoms. The number of carbonyl (C=O) groups excluding carboxylic acids is 1. The maximum Gasteiger partial charge on any atom is 0.243 e. The van der Waals surface area contributed by atoms with E-state index in [4.69, 9.17) is 0 Å². The second kappa shape index (κ2) is 10.4. The largest absolute Gasteiger partial charge is 0.352 e. The van der Waals surface area contributed by atoms with E-state index in [1.165, 1.54) is 4.31 Å². The van der Waals surface area contributed by atoms with Gasteiger partial charge in [-0.15, -0.1) is 0 Å². The first-order valence-corrected chi connectivity index (χ1v) is 13.1. The molecule has 4 rings (SSSR count).